The molecule has 0 rings (SSSR count). The summed E-state index contributed by atoms with van der Waals surface area (Å²) in [6.07, 6.45) is 0. The zero-order valence-electron chi connectivity index (χ0n) is 5.46. The number of rotatable bonds is 0. The Morgan fingerprint density at radius 2 is 0.667 bits per heavy atom. The van der Waals surface area contributed by atoms with E-state index in [0.29, 0.717) is 0 Å². The quantitative estimate of drug-likeness (QED) is 0.366. The number of quaternary nitrogens is 1. The summed E-state index contributed by atoms with van der Waals surface area (Å²) in [5.74, 6) is 0. The predicted octanol–water partition coefficient (Wildman–Crippen LogP) is -2.30. The van der Waals surface area contributed by atoms with Crippen molar-refractivity contribution >= 4 is 20.8 Å². The van der Waals surface area contributed by atoms with Gasteiger partial charge in [0.1, 0.15) is 0 Å². The molecule has 0 aliphatic carbocycles. The van der Waals surface area contributed by atoms with E-state index in [9.17, 15) is 0 Å². The summed E-state index contributed by atoms with van der Waals surface area (Å²) < 4.78 is 68.2. The first-order valence-corrected chi connectivity index (χ1v) is 4.00. The monoisotopic (exact) mass is 363 g/mol. The average Bonchev–Trinajstić information content (AvgIpc) is 1.12. The van der Waals surface area contributed by atoms with Crippen molar-refractivity contribution in [3.8, 4) is 0 Å². The fourth-order valence-corrected chi connectivity index (χ4v) is 0. The van der Waals surface area contributed by atoms with E-state index in [2.05, 4.69) is 0 Å². The van der Waals surface area contributed by atoms with Crippen molar-refractivity contribution in [1.82, 2.24) is 6.15 Å². The van der Waals surface area contributed by atoms with Gasteiger partial charge in [-0.25, -0.2) is 0 Å². The van der Waals surface area contributed by atoms with Gasteiger partial charge in [-0.3, -0.25) is 16.8 Å². The first kappa shape index (κ1) is 23.3. The zero-order chi connectivity index (χ0) is 9.00. The van der Waals surface area contributed by atoms with Crippen LogP contribution in [0.15, 0.2) is 0 Å². The molecule has 0 aliphatic rings. The van der Waals surface area contributed by atoms with Crippen LogP contribution >= 0.6 is 0 Å². The molecule has 0 aliphatic heterocycles. The summed E-state index contributed by atoms with van der Waals surface area (Å²) >= 11 is 0. The maximum absolute atomic E-state index is 8.52. The molecule has 0 aromatic rings. The number of hydrogen-bond donors (Lipinski definition) is 1. The van der Waals surface area contributed by atoms with Crippen molar-refractivity contribution in [2.45, 2.75) is 0 Å². The molecule has 0 saturated carbocycles. The smallest absolute Gasteiger partial charge is 0.759 e. The minimum Gasteiger partial charge on any atom is -0.759 e. The van der Waals surface area contributed by atoms with Crippen LogP contribution < -0.4 is 6.15 Å². The molecule has 0 saturated heterocycles. The summed E-state index contributed by atoms with van der Waals surface area (Å²) in [4.78, 5) is 0. The van der Waals surface area contributed by atoms with Crippen molar-refractivity contribution in [3.63, 3.8) is 0 Å². The van der Waals surface area contributed by atoms with E-state index in [-0.39, 0.29) is 55.5 Å². The second-order valence-corrected chi connectivity index (χ2v) is 2.45. The van der Waals surface area contributed by atoms with E-state index >= 15 is 0 Å². The standard InChI is InChI=1S/Eu.H3N.2H2O4S/c;;2*1-5(2,3)4/h;1H3;2*(H2,1,2,3,4)/q+3;;;/p-3. The molecule has 0 spiro atoms. The van der Waals surface area contributed by atoms with Crippen LogP contribution in [-0.4, -0.2) is 35.0 Å². The van der Waals surface area contributed by atoms with Crippen LogP contribution in [0.4, 0.5) is 0 Å². The third kappa shape index (κ3) is 723. The Labute approximate surface area is 110 Å². The molecule has 4 N–H and O–H groups in total. The van der Waals surface area contributed by atoms with Gasteiger partial charge in [0.2, 0.25) is 0 Å². The second kappa shape index (κ2) is 8.86. The first-order chi connectivity index (χ1) is 4.00. The Morgan fingerprint density at radius 3 is 0.667 bits per heavy atom. The van der Waals surface area contributed by atoms with Gasteiger partial charge in [-0.2, -0.15) is 0 Å². The molecule has 0 aromatic heterocycles. The molecule has 0 amide bonds. The van der Waals surface area contributed by atoms with E-state index in [0.717, 1.165) is 0 Å². The predicted molar refractivity (Wildman–Crippen MR) is 26.9 cm³/mol. The molecular formula is H4EuNO8S2. The van der Waals surface area contributed by atoms with Gasteiger partial charge < -0.3 is 24.4 Å². The molecule has 0 radical (unpaired) electrons. The zero-order valence-corrected chi connectivity index (χ0v) is 9.52. The van der Waals surface area contributed by atoms with Crippen molar-refractivity contribution in [3.05, 3.63) is 0 Å². The summed E-state index contributed by atoms with van der Waals surface area (Å²) in [5.41, 5.74) is 0. The first-order valence-electron chi connectivity index (χ1n) is 1.33. The van der Waals surface area contributed by atoms with Crippen LogP contribution in [-0.2, 0) is 20.8 Å². The maximum atomic E-state index is 8.52. The maximum Gasteiger partial charge on any atom is 3.00 e. The summed E-state index contributed by atoms with van der Waals surface area (Å²) in [5, 5.41) is 0. The van der Waals surface area contributed by atoms with Crippen LogP contribution in [0, 0.1) is 49.4 Å². The average molecular weight is 362 g/mol. The summed E-state index contributed by atoms with van der Waals surface area (Å²) in [6, 6.07) is 0. The van der Waals surface area contributed by atoms with E-state index in [1.807, 2.05) is 0 Å². The van der Waals surface area contributed by atoms with Crippen LogP contribution in [0.2, 0.25) is 0 Å². The van der Waals surface area contributed by atoms with Gasteiger partial charge in [0.05, 0.1) is 0 Å². The fraction of sp³-hybridized carbons (Fsp3) is 0. The van der Waals surface area contributed by atoms with Crippen LogP contribution in [0.1, 0.15) is 0 Å². The van der Waals surface area contributed by atoms with Crippen molar-refractivity contribution in [1.29, 1.82) is 0 Å². The second-order valence-electron chi connectivity index (χ2n) is 0.816. The molecule has 0 fully saturated rings. The molecule has 0 aromatic carbocycles. The molecule has 0 heterocycles. The van der Waals surface area contributed by atoms with Crippen molar-refractivity contribution < 1.29 is 84.4 Å². The van der Waals surface area contributed by atoms with Crippen LogP contribution in [0.5, 0.6) is 0 Å². The molecule has 0 atom stereocenters. The van der Waals surface area contributed by atoms with Gasteiger partial charge in [0, 0.05) is 20.8 Å². The normalized spacial score (nSPS) is 9.67. The van der Waals surface area contributed by atoms with E-state index in [1.165, 1.54) is 0 Å². The molecule has 12 heavy (non-hydrogen) atoms. The SMILES string of the molecule is O=S(=O)([O-])[O-].O=S(=O)([O-])[O-].[Eu+3].[NH4+]. The van der Waals surface area contributed by atoms with E-state index < -0.39 is 20.8 Å². The van der Waals surface area contributed by atoms with E-state index in [1.54, 1.807) is 0 Å². The van der Waals surface area contributed by atoms with Gasteiger partial charge in [-0.05, 0) is 0 Å². The van der Waals surface area contributed by atoms with Gasteiger partial charge in [0.25, 0.3) is 0 Å². The Morgan fingerprint density at radius 1 is 0.667 bits per heavy atom. The minimum atomic E-state index is -5.17. The molecule has 12 heteroatoms. The Bertz CT molecular complexity index is 213. The van der Waals surface area contributed by atoms with E-state index in [4.69, 9.17) is 35.0 Å². The van der Waals surface area contributed by atoms with Gasteiger partial charge >= 0.3 is 49.4 Å². The molecule has 0 bridgehead atoms. The minimum absolute atomic E-state index is 0. The molecule has 0 unspecified atom stereocenters. The Kier molecular flexibility index (Phi) is 17.2. The van der Waals surface area contributed by atoms with Gasteiger partial charge in [0.15, 0.2) is 0 Å². The largest absolute Gasteiger partial charge is 3.00 e. The van der Waals surface area contributed by atoms with Crippen molar-refractivity contribution in [2.75, 3.05) is 0 Å². The fourth-order valence-electron chi connectivity index (χ4n) is 0. The van der Waals surface area contributed by atoms with Crippen LogP contribution in [0.25, 0.3) is 0 Å². The molecule has 76 valence electrons. The summed E-state index contributed by atoms with van der Waals surface area (Å²) in [7, 11) is -10.3. The number of hydrogen-bond acceptors (Lipinski definition) is 8. The van der Waals surface area contributed by atoms with Crippen molar-refractivity contribution in [2.24, 2.45) is 0 Å². The third-order valence-corrected chi connectivity index (χ3v) is 0. The molecular weight excluding hydrogens is 358 g/mol. The Balaban J connectivity index is -0.0000000457. The van der Waals surface area contributed by atoms with Gasteiger partial charge in [-0.15, -0.1) is 0 Å². The Hall–Kier alpha value is 1.28. The summed E-state index contributed by atoms with van der Waals surface area (Å²) in [6.45, 7) is 0. The van der Waals surface area contributed by atoms with Crippen LogP contribution in [0.3, 0.4) is 0 Å². The molecule has 9 nitrogen and oxygen atoms in total. The topological polar surface area (TPSA) is 197 Å². The van der Waals surface area contributed by atoms with Gasteiger partial charge in [-0.1, -0.05) is 0 Å². The third-order valence-electron chi connectivity index (χ3n) is 0.